The second kappa shape index (κ2) is 8.09. The van der Waals surface area contributed by atoms with E-state index in [1.807, 2.05) is 11.1 Å². The quantitative estimate of drug-likeness (QED) is 0.585. The number of carbonyl (C=O) groups is 1. The van der Waals surface area contributed by atoms with Crippen LogP contribution in [0.15, 0.2) is 30.5 Å². The average molecular weight is 420 g/mol. The van der Waals surface area contributed by atoms with Crippen molar-refractivity contribution in [1.82, 2.24) is 19.9 Å². The number of rotatable bonds is 5. The monoisotopic (exact) mass is 419 g/mol. The van der Waals surface area contributed by atoms with Crippen LogP contribution in [-0.4, -0.2) is 58.0 Å². The number of hydrogen-bond acceptors (Lipinski definition) is 6. The number of aryl methyl sites for hydroxylation is 1. The molecule has 1 aliphatic heterocycles. The van der Waals surface area contributed by atoms with Crippen molar-refractivity contribution in [2.75, 3.05) is 41.7 Å². The molecular formula is C23H29N7O. The molecule has 0 atom stereocenters. The lowest BCUT2D eigenvalue weighted by molar-refractivity contribution is -0.129. The summed E-state index contributed by atoms with van der Waals surface area (Å²) in [5, 5.41) is 8.01. The van der Waals surface area contributed by atoms with Gasteiger partial charge in [0.25, 0.3) is 0 Å². The molecule has 1 amide bonds. The van der Waals surface area contributed by atoms with Crippen molar-refractivity contribution in [3.8, 4) is 0 Å². The number of piperazine rings is 1. The van der Waals surface area contributed by atoms with Gasteiger partial charge < -0.3 is 25.4 Å². The lowest BCUT2D eigenvalue weighted by Gasteiger charge is -2.35. The molecule has 1 aromatic carbocycles. The van der Waals surface area contributed by atoms with Crippen molar-refractivity contribution in [1.29, 1.82) is 0 Å². The number of amides is 1. The SMILES string of the molecule is CC(=O)N1CCN(c2ccc(Nc3nc(NC4CCC4)c4c(C)c[nH]c4n3)cc2)CC1. The number of carbonyl (C=O) groups excluding carboxylic acids is 1. The highest BCUT2D eigenvalue weighted by Gasteiger charge is 2.21. The predicted octanol–water partition coefficient (Wildman–Crippen LogP) is 3.64. The third-order valence-electron chi connectivity index (χ3n) is 6.39. The van der Waals surface area contributed by atoms with E-state index >= 15 is 0 Å². The van der Waals surface area contributed by atoms with Crippen molar-refractivity contribution in [2.24, 2.45) is 0 Å². The number of benzene rings is 1. The van der Waals surface area contributed by atoms with Crippen molar-refractivity contribution < 1.29 is 4.79 Å². The summed E-state index contributed by atoms with van der Waals surface area (Å²) in [6.07, 6.45) is 5.65. The fourth-order valence-electron chi connectivity index (χ4n) is 4.26. The number of aromatic amines is 1. The molecule has 1 aliphatic carbocycles. The highest BCUT2D eigenvalue weighted by atomic mass is 16.2. The van der Waals surface area contributed by atoms with Gasteiger partial charge in [-0.2, -0.15) is 9.97 Å². The van der Waals surface area contributed by atoms with Gasteiger partial charge in [0.1, 0.15) is 11.5 Å². The highest BCUT2D eigenvalue weighted by Crippen LogP contribution is 2.30. The zero-order chi connectivity index (χ0) is 21.4. The van der Waals surface area contributed by atoms with Crippen LogP contribution in [0.5, 0.6) is 0 Å². The smallest absolute Gasteiger partial charge is 0.231 e. The van der Waals surface area contributed by atoms with Gasteiger partial charge in [-0.05, 0) is 56.0 Å². The van der Waals surface area contributed by atoms with Gasteiger partial charge in [0.05, 0.1) is 5.39 Å². The number of hydrogen-bond donors (Lipinski definition) is 3. The van der Waals surface area contributed by atoms with Crippen LogP contribution in [-0.2, 0) is 4.79 Å². The molecular weight excluding hydrogens is 390 g/mol. The third-order valence-corrected chi connectivity index (χ3v) is 6.39. The number of H-pyrrole nitrogens is 1. The fraction of sp³-hybridized carbons (Fsp3) is 0.435. The summed E-state index contributed by atoms with van der Waals surface area (Å²) in [5.41, 5.74) is 4.11. The fourth-order valence-corrected chi connectivity index (χ4v) is 4.26. The molecule has 3 aromatic rings. The maximum atomic E-state index is 11.5. The molecule has 1 saturated heterocycles. The van der Waals surface area contributed by atoms with Gasteiger partial charge in [0, 0.05) is 56.7 Å². The minimum atomic E-state index is 0.152. The van der Waals surface area contributed by atoms with E-state index in [2.05, 4.69) is 56.7 Å². The molecule has 0 unspecified atom stereocenters. The third kappa shape index (κ3) is 4.02. The second-order valence-electron chi connectivity index (χ2n) is 8.53. The molecule has 5 rings (SSSR count). The molecule has 8 nitrogen and oxygen atoms in total. The maximum Gasteiger partial charge on any atom is 0.231 e. The summed E-state index contributed by atoms with van der Waals surface area (Å²) < 4.78 is 0. The van der Waals surface area contributed by atoms with Crippen molar-refractivity contribution in [2.45, 2.75) is 39.2 Å². The minimum absolute atomic E-state index is 0.152. The van der Waals surface area contributed by atoms with Gasteiger partial charge in [-0.15, -0.1) is 0 Å². The van der Waals surface area contributed by atoms with Gasteiger partial charge >= 0.3 is 0 Å². The Kier molecular flexibility index (Phi) is 5.13. The lowest BCUT2D eigenvalue weighted by Crippen LogP contribution is -2.48. The van der Waals surface area contributed by atoms with E-state index in [-0.39, 0.29) is 5.91 Å². The van der Waals surface area contributed by atoms with Crippen LogP contribution in [0.4, 0.5) is 23.1 Å². The first-order chi connectivity index (χ1) is 15.1. The average Bonchev–Trinajstić information content (AvgIpc) is 3.12. The van der Waals surface area contributed by atoms with E-state index in [4.69, 9.17) is 4.98 Å². The summed E-state index contributed by atoms with van der Waals surface area (Å²) >= 11 is 0. The number of nitrogens with one attached hydrogen (secondary N) is 3. The van der Waals surface area contributed by atoms with Crippen LogP contribution >= 0.6 is 0 Å². The Morgan fingerprint density at radius 3 is 2.48 bits per heavy atom. The Balaban J connectivity index is 1.31. The van der Waals surface area contributed by atoms with Crippen LogP contribution in [0, 0.1) is 6.92 Å². The van der Waals surface area contributed by atoms with Crippen LogP contribution in [0.25, 0.3) is 11.0 Å². The summed E-state index contributed by atoms with van der Waals surface area (Å²) in [7, 11) is 0. The minimum Gasteiger partial charge on any atom is -0.368 e. The molecule has 0 spiro atoms. The second-order valence-corrected chi connectivity index (χ2v) is 8.53. The van der Waals surface area contributed by atoms with Gasteiger partial charge in [0.15, 0.2) is 0 Å². The zero-order valence-electron chi connectivity index (χ0n) is 18.1. The van der Waals surface area contributed by atoms with Gasteiger partial charge in [0.2, 0.25) is 11.9 Å². The molecule has 3 N–H and O–H groups in total. The topological polar surface area (TPSA) is 89.2 Å². The molecule has 8 heteroatoms. The van der Waals surface area contributed by atoms with E-state index in [0.29, 0.717) is 12.0 Å². The van der Waals surface area contributed by atoms with Crippen LogP contribution < -0.4 is 15.5 Å². The molecule has 1 saturated carbocycles. The van der Waals surface area contributed by atoms with Gasteiger partial charge in [-0.1, -0.05) is 0 Å². The number of nitrogens with zero attached hydrogens (tertiary/aromatic N) is 4. The summed E-state index contributed by atoms with van der Waals surface area (Å²) in [4.78, 5) is 28.5. The van der Waals surface area contributed by atoms with E-state index in [0.717, 1.165) is 60.0 Å². The van der Waals surface area contributed by atoms with Gasteiger partial charge in [-0.25, -0.2) is 0 Å². The molecule has 2 fully saturated rings. The first-order valence-electron chi connectivity index (χ1n) is 11.1. The summed E-state index contributed by atoms with van der Waals surface area (Å²) in [6.45, 7) is 6.97. The van der Waals surface area contributed by atoms with E-state index in [9.17, 15) is 4.79 Å². The number of aromatic nitrogens is 3. The molecule has 162 valence electrons. The van der Waals surface area contributed by atoms with Crippen molar-refractivity contribution in [3.05, 3.63) is 36.0 Å². The normalized spacial score (nSPS) is 17.0. The summed E-state index contributed by atoms with van der Waals surface area (Å²) in [5.74, 6) is 1.63. The van der Waals surface area contributed by atoms with Crippen LogP contribution in [0.2, 0.25) is 0 Å². The first kappa shape index (κ1) is 19.7. The Hall–Kier alpha value is -3.29. The largest absolute Gasteiger partial charge is 0.368 e. The number of anilines is 4. The molecule has 31 heavy (non-hydrogen) atoms. The molecule has 3 heterocycles. The molecule has 0 radical (unpaired) electrons. The summed E-state index contributed by atoms with van der Waals surface area (Å²) in [6, 6.07) is 8.83. The predicted molar refractivity (Wildman–Crippen MR) is 124 cm³/mol. The Morgan fingerprint density at radius 2 is 1.84 bits per heavy atom. The van der Waals surface area contributed by atoms with Crippen LogP contribution in [0.3, 0.4) is 0 Å². The zero-order valence-corrected chi connectivity index (χ0v) is 18.1. The van der Waals surface area contributed by atoms with E-state index in [1.54, 1.807) is 6.92 Å². The lowest BCUT2D eigenvalue weighted by atomic mass is 9.93. The van der Waals surface area contributed by atoms with Gasteiger partial charge in [-0.3, -0.25) is 4.79 Å². The van der Waals surface area contributed by atoms with Crippen molar-refractivity contribution >= 4 is 40.1 Å². The molecule has 0 bridgehead atoms. The Morgan fingerprint density at radius 1 is 1.10 bits per heavy atom. The van der Waals surface area contributed by atoms with E-state index in [1.165, 1.54) is 19.3 Å². The molecule has 2 aliphatic rings. The van der Waals surface area contributed by atoms with Crippen molar-refractivity contribution in [3.63, 3.8) is 0 Å². The highest BCUT2D eigenvalue weighted by molar-refractivity contribution is 5.91. The Bertz CT molecular complexity index is 1080. The van der Waals surface area contributed by atoms with E-state index < -0.39 is 0 Å². The number of fused-ring (bicyclic) bond motifs is 1. The van der Waals surface area contributed by atoms with Crippen LogP contribution in [0.1, 0.15) is 31.7 Å². The Labute approximate surface area is 182 Å². The first-order valence-corrected chi connectivity index (χ1v) is 11.1. The maximum absolute atomic E-state index is 11.5. The standard InChI is InChI=1S/C23H29N7O/c1-15-14-24-21-20(15)22(25-17-4-3-5-17)28-23(27-21)26-18-6-8-19(9-7-18)30-12-10-29(11-13-30)16(2)31/h6-9,14,17H,3-5,10-13H2,1-2H3,(H3,24,25,26,27,28). The molecule has 2 aromatic heterocycles.